The number of carboxylic acid groups (broad SMARTS) is 1. The number of nitrogens with zero attached hydrogens (tertiary/aromatic N) is 2. The van der Waals surface area contributed by atoms with Gasteiger partial charge in [0.05, 0.1) is 22.5 Å². The molecule has 13 heteroatoms. The molecule has 0 bridgehead atoms. The Hall–Kier alpha value is -2.96. The second-order valence-corrected chi connectivity index (χ2v) is 12.4. The summed E-state index contributed by atoms with van der Waals surface area (Å²) < 4.78 is 54.4. The number of sulfonamides is 1. The van der Waals surface area contributed by atoms with Crippen LogP contribution in [0.4, 0.5) is 8.78 Å². The number of primary sulfonamides is 1. The lowest BCUT2D eigenvalue weighted by atomic mass is 9.81. The standard InChI is InChI=1S/C26H21Cl2F2N3O4S2/c1-26(2,15-3-8-19(27)22(11-15)39(31,36)37)23-12-32-25(33(23)17-6-4-16(29)5-7-17)38-13-18-20(28)9-14(24(34)35)10-21(18)30/h3-12H,13H2,1-2H3,(H,34,35)(H2,31,36,37). The third-order valence-corrected chi connectivity index (χ3v) is 8.86. The number of halogens is 4. The van der Waals surface area contributed by atoms with Crippen molar-refractivity contribution in [2.75, 3.05) is 0 Å². The molecule has 204 valence electrons. The van der Waals surface area contributed by atoms with Crippen molar-refractivity contribution in [2.24, 2.45) is 5.14 Å². The molecule has 0 aliphatic carbocycles. The van der Waals surface area contributed by atoms with E-state index in [1.807, 2.05) is 13.8 Å². The molecule has 0 aliphatic heterocycles. The molecule has 0 saturated carbocycles. The Labute approximate surface area is 237 Å². The zero-order valence-electron chi connectivity index (χ0n) is 20.5. The molecule has 3 aromatic carbocycles. The maximum Gasteiger partial charge on any atom is 0.335 e. The number of benzene rings is 3. The molecule has 0 fully saturated rings. The predicted molar refractivity (Wildman–Crippen MR) is 146 cm³/mol. The summed E-state index contributed by atoms with van der Waals surface area (Å²) in [5, 5.41) is 14.8. The second kappa shape index (κ2) is 10.9. The van der Waals surface area contributed by atoms with Gasteiger partial charge in [-0.2, -0.15) is 0 Å². The van der Waals surface area contributed by atoms with Crippen molar-refractivity contribution in [3.05, 3.63) is 105 Å². The van der Waals surface area contributed by atoms with E-state index < -0.39 is 33.0 Å². The Balaban J connectivity index is 1.81. The van der Waals surface area contributed by atoms with Gasteiger partial charge in [-0.15, -0.1) is 0 Å². The summed E-state index contributed by atoms with van der Waals surface area (Å²) in [6, 6.07) is 12.2. The van der Waals surface area contributed by atoms with Crippen LogP contribution in [0.3, 0.4) is 0 Å². The third kappa shape index (κ3) is 5.97. The lowest BCUT2D eigenvalue weighted by Gasteiger charge is -2.28. The van der Waals surface area contributed by atoms with Crippen LogP contribution in [0.25, 0.3) is 5.69 Å². The molecule has 1 heterocycles. The average Bonchev–Trinajstić information content (AvgIpc) is 3.28. The topological polar surface area (TPSA) is 115 Å². The van der Waals surface area contributed by atoms with Gasteiger partial charge in [-0.1, -0.05) is 54.9 Å². The molecule has 0 unspecified atom stereocenters. The summed E-state index contributed by atoms with van der Waals surface area (Å²) in [6.45, 7) is 3.69. The summed E-state index contributed by atoms with van der Waals surface area (Å²) >= 11 is 13.4. The summed E-state index contributed by atoms with van der Waals surface area (Å²) in [5.74, 6) is -2.51. The largest absolute Gasteiger partial charge is 0.478 e. The maximum atomic E-state index is 14.7. The number of aromatic nitrogens is 2. The minimum atomic E-state index is -4.10. The number of carbonyl (C=O) groups is 1. The third-order valence-electron chi connectivity index (χ3n) is 6.15. The summed E-state index contributed by atoms with van der Waals surface area (Å²) in [6.07, 6.45) is 1.59. The molecule has 4 aromatic rings. The van der Waals surface area contributed by atoms with Crippen LogP contribution in [0.15, 0.2) is 70.8 Å². The number of nitrogens with two attached hydrogens (primary N) is 1. The van der Waals surface area contributed by atoms with Gasteiger partial charge >= 0.3 is 5.97 Å². The highest BCUT2D eigenvalue weighted by atomic mass is 35.5. The highest BCUT2D eigenvalue weighted by Gasteiger charge is 2.31. The molecule has 4 rings (SSSR count). The molecule has 0 atom stereocenters. The van der Waals surface area contributed by atoms with E-state index in [2.05, 4.69) is 4.98 Å². The van der Waals surface area contributed by atoms with E-state index in [-0.39, 0.29) is 31.8 Å². The van der Waals surface area contributed by atoms with E-state index in [1.165, 1.54) is 30.3 Å². The van der Waals surface area contributed by atoms with Crippen molar-refractivity contribution in [3.8, 4) is 5.69 Å². The van der Waals surface area contributed by atoms with Gasteiger partial charge in [-0.25, -0.2) is 32.1 Å². The number of hydrogen-bond donors (Lipinski definition) is 2. The molecule has 0 spiro atoms. The van der Waals surface area contributed by atoms with E-state index in [0.29, 0.717) is 22.1 Å². The highest BCUT2D eigenvalue weighted by Crippen LogP contribution is 2.39. The Morgan fingerprint density at radius 2 is 1.74 bits per heavy atom. The van der Waals surface area contributed by atoms with Gasteiger partial charge in [0.15, 0.2) is 5.16 Å². The van der Waals surface area contributed by atoms with E-state index in [4.69, 9.17) is 33.4 Å². The van der Waals surface area contributed by atoms with Gasteiger partial charge < -0.3 is 5.11 Å². The minimum Gasteiger partial charge on any atom is -0.478 e. The van der Waals surface area contributed by atoms with E-state index in [0.717, 1.165) is 17.8 Å². The lowest BCUT2D eigenvalue weighted by Crippen LogP contribution is -2.24. The quantitative estimate of drug-likeness (QED) is 0.222. The van der Waals surface area contributed by atoms with Crippen LogP contribution in [0.2, 0.25) is 10.0 Å². The van der Waals surface area contributed by atoms with Gasteiger partial charge in [0, 0.05) is 27.4 Å². The number of rotatable bonds is 8. The smallest absolute Gasteiger partial charge is 0.335 e. The Bertz CT molecular complexity index is 1670. The molecule has 39 heavy (non-hydrogen) atoms. The number of imidazole rings is 1. The molecule has 0 radical (unpaired) electrons. The number of aromatic carboxylic acids is 1. The first-order valence-electron chi connectivity index (χ1n) is 11.2. The van der Waals surface area contributed by atoms with E-state index >= 15 is 0 Å². The highest BCUT2D eigenvalue weighted by molar-refractivity contribution is 7.98. The van der Waals surface area contributed by atoms with Gasteiger partial charge in [0.2, 0.25) is 10.0 Å². The molecular formula is C26H21Cl2F2N3O4S2. The second-order valence-electron chi connectivity index (χ2n) is 9.07. The van der Waals surface area contributed by atoms with Gasteiger partial charge in [-0.05, 0) is 54.1 Å². The van der Waals surface area contributed by atoms with Crippen molar-refractivity contribution in [1.29, 1.82) is 0 Å². The zero-order valence-corrected chi connectivity index (χ0v) is 23.6. The van der Waals surface area contributed by atoms with Crippen LogP contribution in [0.1, 0.15) is 41.0 Å². The van der Waals surface area contributed by atoms with Gasteiger partial charge in [0.25, 0.3) is 0 Å². The van der Waals surface area contributed by atoms with Gasteiger partial charge in [0.1, 0.15) is 16.5 Å². The Kier molecular flexibility index (Phi) is 8.11. The fraction of sp³-hybridized carbons (Fsp3) is 0.154. The van der Waals surface area contributed by atoms with E-state index in [1.54, 1.807) is 29.0 Å². The summed E-state index contributed by atoms with van der Waals surface area (Å²) in [5.41, 5.74) is 0.673. The van der Waals surface area contributed by atoms with Crippen LogP contribution in [-0.2, 0) is 21.2 Å². The minimum absolute atomic E-state index is 0.0130. The first-order chi connectivity index (χ1) is 18.2. The monoisotopic (exact) mass is 611 g/mol. The normalized spacial score (nSPS) is 12.1. The number of thioether (sulfide) groups is 1. The van der Waals surface area contributed by atoms with Gasteiger partial charge in [-0.3, -0.25) is 4.57 Å². The summed E-state index contributed by atoms with van der Waals surface area (Å²) in [7, 11) is -4.10. The molecule has 0 saturated heterocycles. The molecule has 7 nitrogen and oxygen atoms in total. The fourth-order valence-electron chi connectivity index (χ4n) is 3.98. The summed E-state index contributed by atoms with van der Waals surface area (Å²) in [4.78, 5) is 15.5. The molecular weight excluding hydrogens is 591 g/mol. The van der Waals surface area contributed by atoms with Crippen LogP contribution in [0, 0.1) is 11.6 Å². The predicted octanol–water partition coefficient (Wildman–Crippen LogP) is 6.42. The molecule has 0 aliphatic rings. The maximum absolute atomic E-state index is 14.7. The van der Waals surface area contributed by atoms with Crippen molar-refractivity contribution < 1.29 is 27.1 Å². The van der Waals surface area contributed by atoms with Crippen molar-refractivity contribution in [2.45, 2.75) is 35.1 Å². The van der Waals surface area contributed by atoms with Crippen molar-refractivity contribution in [1.82, 2.24) is 9.55 Å². The molecule has 1 aromatic heterocycles. The van der Waals surface area contributed by atoms with Crippen molar-refractivity contribution in [3.63, 3.8) is 0 Å². The number of hydrogen-bond acceptors (Lipinski definition) is 5. The average molecular weight is 613 g/mol. The first-order valence-corrected chi connectivity index (χ1v) is 14.5. The Morgan fingerprint density at radius 1 is 1.08 bits per heavy atom. The molecule has 0 amide bonds. The SMILES string of the molecule is CC(C)(c1ccc(Cl)c(S(N)(=O)=O)c1)c1cnc(SCc2c(F)cc(C(=O)O)cc2Cl)n1-c1ccc(F)cc1. The first kappa shape index (κ1) is 29.0. The van der Waals surface area contributed by atoms with Crippen LogP contribution >= 0.6 is 35.0 Å². The van der Waals surface area contributed by atoms with Crippen LogP contribution in [-0.4, -0.2) is 29.0 Å². The van der Waals surface area contributed by atoms with E-state index in [9.17, 15) is 22.0 Å². The fourth-order valence-corrected chi connectivity index (χ4v) is 6.43. The lowest BCUT2D eigenvalue weighted by molar-refractivity contribution is 0.0696. The van der Waals surface area contributed by atoms with Crippen LogP contribution < -0.4 is 5.14 Å². The van der Waals surface area contributed by atoms with Crippen LogP contribution in [0.5, 0.6) is 0 Å². The zero-order chi connectivity index (χ0) is 28.7. The van der Waals surface area contributed by atoms with Crippen molar-refractivity contribution >= 4 is 51.0 Å². The Morgan fingerprint density at radius 3 is 2.33 bits per heavy atom. The number of carboxylic acids is 1. The molecule has 3 N–H and O–H groups in total.